The summed E-state index contributed by atoms with van der Waals surface area (Å²) in [6.45, 7) is 10.3. The Morgan fingerprint density at radius 3 is 2.23 bits per heavy atom. The lowest BCUT2D eigenvalue weighted by Gasteiger charge is -2.28. The molecule has 0 saturated carbocycles. The van der Waals surface area contributed by atoms with Crippen LogP contribution in [0.2, 0.25) is 0 Å². The summed E-state index contributed by atoms with van der Waals surface area (Å²) >= 11 is 0. The molecular weight excluding hydrogens is 162 g/mol. The van der Waals surface area contributed by atoms with Crippen molar-refractivity contribution < 1.29 is 4.74 Å². The smallest absolute Gasteiger partial charge is 0.0750 e. The topological polar surface area (TPSA) is 21.3 Å². The van der Waals surface area contributed by atoms with E-state index in [2.05, 4.69) is 32.7 Å². The van der Waals surface area contributed by atoms with Crippen LogP contribution in [-0.2, 0) is 4.74 Å². The zero-order valence-corrected chi connectivity index (χ0v) is 9.55. The summed E-state index contributed by atoms with van der Waals surface area (Å²) in [5.41, 5.74) is 1.20. The van der Waals surface area contributed by atoms with Gasteiger partial charge in [-0.2, -0.15) is 0 Å². The minimum absolute atomic E-state index is 0.265. The first kappa shape index (κ1) is 12.7. The molecule has 0 spiro atoms. The van der Waals surface area contributed by atoms with E-state index in [1.807, 2.05) is 7.05 Å². The molecule has 0 fully saturated rings. The molecule has 0 bridgehead atoms. The molecule has 0 aromatic heterocycles. The number of nitrogens with one attached hydrogen (secondary N) is 1. The molecule has 2 unspecified atom stereocenters. The van der Waals surface area contributed by atoms with Gasteiger partial charge in [0.15, 0.2) is 0 Å². The second-order valence-electron chi connectivity index (χ2n) is 4.00. The molecule has 0 saturated heterocycles. The summed E-state index contributed by atoms with van der Waals surface area (Å²) in [6, 6.07) is 0.377. The van der Waals surface area contributed by atoms with Crippen LogP contribution in [-0.4, -0.2) is 26.3 Å². The van der Waals surface area contributed by atoms with Crippen LogP contribution in [0, 0.1) is 5.92 Å². The minimum atomic E-state index is 0.265. The number of hydrogen-bond donors (Lipinski definition) is 1. The van der Waals surface area contributed by atoms with Crippen LogP contribution in [0.25, 0.3) is 0 Å². The molecule has 1 N–H and O–H groups in total. The van der Waals surface area contributed by atoms with Gasteiger partial charge in [0.2, 0.25) is 0 Å². The largest absolute Gasteiger partial charge is 0.380 e. The first-order valence-electron chi connectivity index (χ1n) is 4.87. The quantitative estimate of drug-likeness (QED) is 0.641. The Bertz CT molecular complexity index is 154. The van der Waals surface area contributed by atoms with Crippen molar-refractivity contribution in [2.75, 3.05) is 14.2 Å². The molecular formula is C11H23NO. The molecule has 0 aliphatic rings. The summed E-state index contributed by atoms with van der Waals surface area (Å²) < 4.78 is 5.46. The maximum atomic E-state index is 5.46. The van der Waals surface area contributed by atoms with Gasteiger partial charge < -0.3 is 10.1 Å². The van der Waals surface area contributed by atoms with Crippen molar-refractivity contribution in [1.29, 1.82) is 0 Å². The van der Waals surface area contributed by atoms with Gasteiger partial charge in [-0.1, -0.05) is 19.4 Å². The van der Waals surface area contributed by atoms with E-state index in [4.69, 9.17) is 4.74 Å². The van der Waals surface area contributed by atoms with Crippen molar-refractivity contribution in [1.82, 2.24) is 5.32 Å². The molecule has 2 heteroatoms. The number of methoxy groups -OCH3 is 1. The summed E-state index contributed by atoms with van der Waals surface area (Å²) in [7, 11) is 3.75. The zero-order chi connectivity index (χ0) is 10.4. The number of rotatable bonds is 6. The van der Waals surface area contributed by atoms with Crippen molar-refractivity contribution in [3.8, 4) is 0 Å². The highest BCUT2D eigenvalue weighted by atomic mass is 16.5. The van der Waals surface area contributed by atoms with Gasteiger partial charge in [-0.25, -0.2) is 0 Å². The highest BCUT2D eigenvalue weighted by Gasteiger charge is 2.22. The van der Waals surface area contributed by atoms with Crippen molar-refractivity contribution in [3.05, 3.63) is 12.2 Å². The Labute approximate surface area is 82.4 Å². The van der Waals surface area contributed by atoms with Crippen LogP contribution in [0.15, 0.2) is 12.2 Å². The zero-order valence-electron chi connectivity index (χ0n) is 9.55. The number of ether oxygens (including phenoxy) is 1. The van der Waals surface area contributed by atoms with Crippen LogP contribution >= 0.6 is 0 Å². The highest BCUT2D eigenvalue weighted by Crippen LogP contribution is 2.15. The Kier molecular flexibility index (Phi) is 6.00. The second kappa shape index (κ2) is 6.17. The maximum absolute atomic E-state index is 5.46. The van der Waals surface area contributed by atoms with Gasteiger partial charge in [-0.3, -0.25) is 0 Å². The van der Waals surface area contributed by atoms with Gasteiger partial charge in [0.05, 0.1) is 6.10 Å². The average Bonchev–Trinajstić information content (AvgIpc) is 2.02. The van der Waals surface area contributed by atoms with Gasteiger partial charge in [0.1, 0.15) is 0 Å². The first-order chi connectivity index (χ1) is 6.02. The Balaban J connectivity index is 4.25. The Morgan fingerprint density at radius 1 is 1.46 bits per heavy atom. The molecule has 0 aromatic carbocycles. The van der Waals surface area contributed by atoms with Gasteiger partial charge >= 0.3 is 0 Å². The van der Waals surface area contributed by atoms with Gasteiger partial charge in [0, 0.05) is 13.2 Å². The van der Waals surface area contributed by atoms with Crippen molar-refractivity contribution >= 4 is 0 Å². The molecule has 2 atom stereocenters. The van der Waals surface area contributed by atoms with E-state index < -0.39 is 0 Å². The van der Waals surface area contributed by atoms with Gasteiger partial charge in [-0.05, 0) is 26.3 Å². The lowest BCUT2D eigenvalue weighted by molar-refractivity contribution is 0.0354. The molecule has 0 rings (SSSR count). The highest BCUT2D eigenvalue weighted by molar-refractivity contribution is 4.95. The Morgan fingerprint density at radius 2 is 2.00 bits per heavy atom. The van der Waals surface area contributed by atoms with E-state index in [1.165, 1.54) is 5.57 Å². The van der Waals surface area contributed by atoms with E-state index in [9.17, 15) is 0 Å². The summed E-state index contributed by atoms with van der Waals surface area (Å²) in [6.07, 6.45) is 1.24. The first-order valence-corrected chi connectivity index (χ1v) is 4.87. The van der Waals surface area contributed by atoms with E-state index in [-0.39, 0.29) is 6.10 Å². The SMILES string of the molecule is C=C(C)CC(NC)C(OC)C(C)C. The normalized spacial score (nSPS) is 15.8. The molecule has 0 aliphatic heterocycles. The molecule has 0 radical (unpaired) electrons. The predicted molar refractivity (Wildman–Crippen MR) is 57.9 cm³/mol. The molecule has 0 aliphatic carbocycles. The third-order valence-corrected chi connectivity index (χ3v) is 2.26. The molecule has 0 amide bonds. The van der Waals surface area contributed by atoms with Crippen LogP contribution in [0.1, 0.15) is 27.2 Å². The fourth-order valence-corrected chi connectivity index (χ4v) is 1.66. The van der Waals surface area contributed by atoms with Crippen LogP contribution in [0.4, 0.5) is 0 Å². The summed E-state index contributed by atoms with van der Waals surface area (Å²) in [5, 5.41) is 3.28. The maximum Gasteiger partial charge on any atom is 0.0750 e. The van der Waals surface area contributed by atoms with Crippen LogP contribution < -0.4 is 5.32 Å². The lowest BCUT2D eigenvalue weighted by Crippen LogP contribution is -2.42. The lowest BCUT2D eigenvalue weighted by atomic mass is 9.95. The van der Waals surface area contributed by atoms with Crippen LogP contribution in [0.3, 0.4) is 0 Å². The number of likely N-dealkylation sites (N-methyl/N-ethyl adjacent to an activating group) is 1. The van der Waals surface area contributed by atoms with E-state index in [0.717, 1.165) is 6.42 Å². The van der Waals surface area contributed by atoms with Gasteiger partial charge in [0.25, 0.3) is 0 Å². The van der Waals surface area contributed by atoms with Gasteiger partial charge in [-0.15, -0.1) is 6.58 Å². The van der Waals surface area contributed by atoms with Crippen molar-refractivity contribution in [2.45, 2.75) is 39.3 Å². The van der Waals surface area contributed by atoms with E-state index in [0.29, 0.717) is 12.0 Å². The fraction of sp³-hybridized carbons (Fsp3) is 0.818. The third-order valence-electron chi connectivity index (χ3n) is 2.26. The van der Waals surface area contributed by atoms with Crippen LogP contribution in [0.5, 0.6) is 0 Å². The van der Waals surface area contributed by atoms with E-state index in [1.54, 1.807) is 7.11 Å². The number of hydrogen-bond acceptors (Lipinski definition) is 2. The van der Waals surface area contributed by atoms with Crippen molar-refractivity contribution in [3.63, 3.8) is 0 Å². The predicted octanol–water partition coefficient (Wildman–Crippen LogP) is 2.21. The van der Waals surface area contributed by atoms with Crippen molar-refractivity contribution in [2.24, 2.45) is 5.92 Å². The van der Waals surface area contributed by atoms with E-state index >= 15 is 0 Å². The minimum Gasteiger partial charge on any atom is -0.380 e. The molecule has 2 nitrogen and oxygen atoms in total. The molecule has 0 aromatic rings. The Hall–Kier alpha value is -0.340. The summed E-state index contributed by atoms with van der Waals surface area (Å²) in [4.78, 5) is 0. The second-order valence-corrected chi connectivity index (χ2v) is 4.00. The standard InChI is InChI=1S/C11H23NO/c1-8(2)7-10(12-5)11(13-6)9(3)4/h9-12H,1,7H2,2-6H3. The molecule has 0 heterocycles. The fourth-order valence-electron chi connectivity index (χ4n) is 1.66. The average molecular weight is 185 g/mol. The molecule has 78 valence electrons. The third kappa shape index (κ3) is 4.44. The summed E-state index contributed by atoms with van der Waals surface area (Å²) in [5.74, 6) is 0.529. The monoisotopic (exact) mass is 185 g/mol. The molecule has 13 heavy (non-hydrogen) atoms.